The third kappa shape index (κ3) is 3.58. The van der Waals surface area contributed by atoms with E-state index in [-0.39, 0.29) is 0 Å². The van der Waals surface area contributed by atoms with Crippen LogP contribution in [0.25, 0.3) is 0 Å². The van der Waals surface area contributed by atoms with Gasteiger partial charge in [-0.25, -0.2) is 0 Å². The van der Waals surface area contributed by atoms with E-state index >= 15 is 0 Å². The molecule has 0 amide bonds. The van der Waals surface area contributed by atoms with Crippen LogP contribution in [0.3, 0.4) is 0 Å². The van der Waals surface area contributed by atoms with Gasteiger partial charge in [-0.2, -0.15) is 0 Å². The van der Waals surface area contributed by atoms with Gasteiger partial charge in [-0.15, -0.1) is 11.3 Å². The van der Waals surface area contributed by atoms with E-state index in [4.69, 9.17) is 11.6 Å². The van der Waals surface area contributed by atoms with Crippen molar-refractivity contribution in [3.8, 4) is 0 Å². The first-order valence-corrected chi connectivity index (χ1v) is 7.45. The van der Waals surface area contributed by atoms with Gasteiger partial charge in [0.25, 0.3) is 0 Å². The number of aryl methyl sites for hydroxylation is 1. The molecule has 0 saturated heterocycles. The van der Waals surface area contributed by atoms with Gasteiger partial charge in [0.1, 0.15) is 0 Å². The number of rotatable bonds is 5. The van der Waals surface area contributed by atoms with Crippen LogP contribution in [0.5, 0.6) is 0 Å². The zero-order valence-corrected chi connectivity index (χ0v) is 12.3. The summed E-state index contributed by atoms with van der Waals surface area (Å²) in [4.78, 5) is 2.84. The third-order valence-electron chi connectivity index (χ3n) is 3.00. The van der Waals surface area contributed by atoms with Crippen molar-refractivity contribution in [3.05, 3.63) is 56.7 Å². The summed E-state index contributed by atoms with van der Waals surface area (Å²) < 4.78 is 0. The molecule has 2 aromatic rings. The highest BCUT2D eigenvalue weighted by molar-refractivity contribution is 7.11. The van der Waals surface area contributed by atoms with Crippen molar-refractivity contribution in [2.75, 3.05) is 0 Å². The number of nitrogens with one attached hydrogen (secondary N) is 1. The van der Waals surface area contributed by atoms with Gasteiger partial charge in [-0.1, -0.05) is 30.7 Å². The fourth-order valence-corrected chi connectivity index (χ4v) is 2.96. The Morgan fingerprint density at radius 2 is 2.00 bits per heavy atom. The maximum Gasteiger partial charge on any atom is 0.0409 e. The Balaban J connectivity index is 1.93. The lowest BCUT2D eigenvalue weighted by Crippen LogP contribution is -2.17. The highest BCUT2D eigenvalue weighted by Crippen LogP contribution is 2.20. The first kappa shape index (κ1) is 13.6. The average Bonchev–Trinajstić information content (AvgIpc) is 2.84. The largest absolute Gasteiger partial charge is 0.305 e. The van der Waals surface area contributed by atoms with Crippen LogP contribution in [0.15, 0.2) is 36.4 Å². The van der Waals surface area contributed by atoms with Gasteiger partial charge in [-0.3, -0.25) is 0 Å². The summed E-state index contributed by atoms with van der Waals surface area (Å²) in [6, 6.07) is 12.8. The van der Waals surface area contributed by atoms with Crippen molar-refractivity contribution in [3.63, 3.8) is 0 Å². The van der Waals surface area contributed by atoms with Gasteiger partial charge in [0.05, 0.1) is 0 Å². The summed E-state index contributed by atoms with van der Waals surface area (Å²) in [7, 11) is 0. The van der Waals surface area contributed by atoms with Crippen molar-refractivity contribution >= 4 is 22.9 Å². The van der Waals surface area contributed by atoms with Crippen molar-refractivity contribution in [2.24, 2.45) is 0 Å². The molecule has 3 heteroatoms. The van der Waals surface area contributed by atoms with Crippen molar-refractivity contribution in [1.82, 2.24) is 5.32 Å². The molecule has 0 aliphatic carbocycles. The van der Waals surface area contributed by atoms with Gasteiger partial charge in [0.15, 0.2) is 0 Å². The SMILES string of the molecule is CCc1ccc(CNC(C)c2cccc(Cl)c2)s1. The first-order valence-electron chi connectivity index (χ1n) is 6.25. The number of hydrogen-bond acceptors (Lipinski definition) is 2. The minimum Gasteiger partial charge on any atom is -0.305 e. The van der Waals surface area contributed by atoms with Crippen LogP contribution in [0.1, 0.15) is 35.2 Å². The molecule has 1 aromatic carbocycles. The number of hydrogen-bond donors (Lipinski definition) is 1. The van der Waals surface area contributed by atoms with E-state index in [1.807, 2.05) is 29.5 Å². The van der Waals surface area contributed by atoms with Crippen molar-refractivity contribution in [2.45, 2.75) is 32.9 Å². The van der Waals surface area contributed by atoms with E-state index in [1.54, 1.807) is 0 Å². The quantitative estimate of drug-likeness (QED) is 0.828. The highest BCUT2D eigenvalue weighted by atomic mass is 35.5. The second kappa shape index (κ2) is 6.37. The Morgan fingerprint density at radius 3 is 2.67 bits per heavy atom. The Labute approximate surface area is 118 Å². The second-order valence-corrected chi connectivity index (χ2v) is 6.07. The minimum absolute atomic E-state index is 0.316. The molecule has 0 aliphatic heterocycles. The monoisotopic (exact) mass is 279 g/mol. The predicted molar refractivity (Wildman–Crippen MR) is 80.4 cm³/mol. The molecular weight excluding hydrogens is 262 g/mol. The lowest BCUT2D eigenvalue weighted by molar-refractivity contribution is 0.579. The van der Waals surface area contributed by atoms with Gasteiger partial charge >= 0.3 is 0 Å². The number of benzene rings is 1. The molecule has 0 aliphatic rings. The van der Waals surface area contributed by atoms with Crippen LogP contribution >= 0.6 is 22.9 Å². The Morgan fingerprint density at radius 1 is 1.22 bits per heavy atom. The van der Waals surface area contributed by atoms with Crippen LogP contribution < -0.4 is 5.32 Å². The van der Waals surface area contributed by atoms with Gasteiger partial charge in [0.2, 0.25) is 0 Å². The predicted octanol–water partition coefficient (Wildman–Crippen LogP) is 4.81. The van der Waals surface area contributed by atoms with Crippen LogP contribution in [0.2, 0.25) is 5.02 Å². The van der Waals surface area contributed by atoms with E-state index in [1.165, 1.54) is 15.3 Å². The van der Waals surface area contributed by atoms with E-state index in [0.717, 1.165) is 18.0 Å². The number of thiophene rings is 1. The minimum atomic E-state index is 0.316. The Bertz CT molecular complexity index is 507. The first-order chi connectivity index (χ1) is 8.69. The molecule has 0 spiro atoms. The maximum atomic E-state index is 6.00. The van der Waals surface area contributed by atoms with E-state index < -0.39 is 0 Å². The lowest BCUT2D eigenvalue weighted by atomic mass is 10.1. The molecule has 0 radical (unpaired) electrons. The molecule has 0 bridgehead atoms. The summed E-state index contributed by atoms with van der Waals surface area (Å²) >= 11 is 7.89. The molecule has 18 heavy (non-hydrogen) atoms. The average molecular weight is 280 g/mol. The summed E-state index contributed by atoms with van der Waals surface area (Å²) in [6.07, 6.45) is 1.12. The third-order valence-corrected chi connectivity index (χ3v) is 4.46. The molecule has 0 saturated carbocycles. The topological polar surface area (TPSA) is 12.0 Å². The molecule has 1 N–H and O–H groups in total. The maximum absolute atomic E-state index is 6.00. The highest BCUT2D eigenvalue weighted by Gasteiger charge is 2.06. The van der Waals surface area contributed by atoms with Crippen LogP contribution in [0.4, 0.5) is 0 Å². The molecule has 0 fully saturated rings. The van der Waals surface area contributed by atoms with E-state index in [0.29, 0.717) is 6.04 Å². The summed E-state index contributed by atoms with van der Waals surface area (Å²) in [5.74, 6) is 0. The fourth-order valence-electron chi connectivity index (χ4n) is 1.85. The van der Waals surface area contributed by atoms with Crippen LogP contribution in [-0.4, -0.2) is 0 Å². The molecule has 1 heterocycles. The molecule has 1 atom stereocenters. The van der Waals surface area contributed by atoms with Gasteiger partial charge in [-0.05, 0) is 43.2 Å². The van der Waals surface area contributed by atoms with Crippen LogP contribution in [0, 0.1) is 0 Å². The molecule has 2 rings (SSSR count). The fraction of sp³-hybridized carbons (Fsp3) is 0.333. The van der Waals surface area contributed by atoms with Gasteiger partial charge in [0, 0.05) is 27.4 Å². The van der Waals surface area contributed by atoms with Crippen LogP contribution in [-0.2, 0) is 13.0 Å². The summed E-state index contributed by atoms with van der Waals surface area (Å²) in [5.41, 5.74) is 1.23. The molecule has 1 nitrogen and oxygen atoms in total. The molecule has 1 unspecified atom stereocenters. The zero-order valence-electron chi connectivity index (χ0n) is 10.7. The Kier molecular flexibility index (Phi) is 4.81. The van der Waals surface area contributed by atoms with Crippen molar-refractivity contribution in [1.29, 1.82) is 0 Å². The smallest absolute Gasteiger partial charge is 0.0409 e. The second-order valence-electron chi connectivity index (χ2n) is 4.38. The molecule has 1 aromatic heterocycles. The van der Waals surface area contributed by atoms with E-state index in [9.17, 15) is 0 Å². The molecular formula is C15H18ClNS. The summed E-state index contributed by atoms with van der Waals surface area (Å²) in [6.45, 7) is 5.27. The zero-order chi connectivity index (χ0) is 13.0. The lowest BCUT2D eigenvalue weighted by Gasteiger charge is -2.13. The van der Waals surface area contributed by atoms with E-state index in [2.05, 4.69) is 37.4 Å². The standard InChI is InChI=1S/C15H18ClNS/c1-3-14-7-8-15(18-14)10-17-11(2)12-5-4-6-13(16)9-12/h4-9,11,17H,3,10H2,1-2H3. The van der Waals surface area contributed by atoms with Crippen molar-refractivity contribution < 1.29 is 0 Å². The Hall–Kier alpha value is -0.830. The molecule has 96 valence electrons. The normalized spacial score (nSPS) is 12.6. The van der Waals surface area contributed by atoms with Gasteiger partial charge < -0.3 is 5.32 Å². The summed E-state index contributed by atoms with van der Waals surface area (Å²) in [5, 5.41) is 4.33. The number of halogens is 1.